The predicted molar refractivity (Wildman–Crippen MR) is 123 cm³/mol. The number of aliphatic imine (C=N–C) groups is 2. The van der Waals surface area contributed by atoms with Crippen LogP contribution in [-0.4, -0.2) is 61.7 Å². The normalized spacial score (nSPS) is 26.4. The highest BCUT2D eigenvalue weighted by Crippen LogP contribution is 2.25. The Morgan fingerprint density at radius 1 is 1.28 bits per heavy atom. The molecule has 1 saturated carbocycles. The molecule has 5 N–H and O–H groups in total. The van der Waals surface area contributed by atoms with Gasteiger partial charge < -0.3 is 20.1 Å². The van der Waals surface area contributed by atoms with Gasteiger partial charge >= 0.3 is 5.97 Å². The number of benzene rings is 1. The minimum atomic E-state index is -1.45. The molecular weight excluding hydrogens is 413 g/mol. The molecule has 0 radical (unpaired) electrons. The van der Waals surface area contributed by atoms with Crippen molar-refractivity contribution < 1.29 is 13.9 Å². The Kier molecular flexibility index (Phi) is 7.12. The van der Waals surface area contributed by atoms with Crippen molar-refractivity contribution in [3.8, 4) is 5.75 Å². The molecule has 2 unspecified atom stereocenters. The first kappa shape index (κ1) is 22.8. The van der Waals surface area contributed by atoms with Crippen molar-refractivity contribution >= 4 is 17.6 Å². The third kappa shape index (κ3) is 5.48. The van der Waals surface area contributed by atoms with Gasteiger partial charge in [0, 0.05) is 24.3 Å². The van der Waals surface area contributed by atoms with Crippen LogP contribution in [-0.2, 0) is 4.74 Å². The molecule has 1 aliphatic carbocycles. The van der Waals surface area contributed by atoms with E-state index in [0.717, 1.165) is 51.7 Å². The molecule has 2 heterocycles. The summed E-state index contributed by atoms with van der Waals surface area (Å²) in [4.78, 5) is 11.4. The van der Waals surface area contributed by atoms with E-state index < -0.39 is 11.8 Å². The lowest BCUT2D eigenvalue weighted by Crippen LogP contribution is -2.63. The summed E-state index contributed by atoms with van der Waals surface area (Å²) in [5.74, 6) is -1.03. The zero-order chi connectivity index (χ0) is 22.6. The summed E-state index contributed by atoms with van der Waals surface area (Å²) < 4.78 is 25.3. The minimum absolute atomic E-state index is 0.0423. The van der Waals surface area contributed by atoms with Crippen LogP contribution in [0.1, 0.15) is 45.4 Å². The number of ether oxygens (including phenoxy) is 2. The van der Waals surface area contributed by atoms with E-state index in [9.17, 15) is 4.39 Å². The monoisotopic (exact) mass is 447 g/mol. The molecule has 3 aliphatic rings. The number of likely N-dealkylation sites (tertiary alicyclic amines) is 1. The molecule has 32 heavy (non-hydrogen) atoms. The van der Waals surface area contributed by atoms with E-state index in [1.165, 1.54) is 19.6 Å². The molecule has 2 fully saturated rings. The average Bonchev–Trinajstić information content (AvgIpc) is 3.43. The molecular formula is C22H34FN7O2. The number of rotatable bonds is 7. The summed E-state index contributed by atoms with van der Waals surface area (Å²) >= 11 is 0. The molecule has 1 aromatic rings. The van der Waals surface area contributed by atoms with Gasteiger partial charge in [0.25, 0.3) is 0 Å². The predicted octanol–water partition coefficient (Wildman–Crippen LogP) is 2.16. The first-order valence-electron chi connectivity index (χ1n) is 11.5. The highest BCUT2D eigenvalue weighted by Gasteiger charge is 2.35. The van der Waals surface area contributed by atoms with E-state index in [4.69, 9.17) is 15.2 Å². The number of anilines is 1. The average molecular weight is 448 g/mol. The fraction of sp³-hybridized carbons (Fsp3) is 0.636. The maximum absolute atomic E-state index is 14.1. The zero-order valence-corrected chi connectivity index (χ0v) is 18.9. The molecule has 2 aliphatic heterocycles. The van der Waals surface area contributed by atoms with Gasteiger partial charge in [-0.15, -0.1) is 0 Å². The maximum Gasteiger partial charge on any atom is 0.303 e. The molecule has 1 saturated heterocycles. The molecule has 2 atom stereocenters. The van der Waals surface area contributed by atoms with Crippen LogP contribution < -0.4 is 26.4 Å². The number of likely N-dealkylation sites (N-methyl/N-ethyl adjacent to an activating group) is 1. The summed E-state index contributed by atoms with van der Waals surface area (Å²) in [5.41, 5.74) is 6.99. The molecule has 1 aromatic carbocycles. The van der Waals surface area contributed by atoms with Crippen molar-refractivity contribution in [1.29, 1.82) is 0 Å². The van der Waals surface area contributed by atoms with Crippen molar-refractivity contribution in [3.05, 3.63) is 24.0 Å². The quantitative estimate of drug-likeness (QED) is 0.475. The van der Waals surface area contributed by atoms with Gasteiger partial charge in [0.1, 0.15) is 0 Å². The second-order valence-electron chi connectivity index (χ2n) is 8.52. The summed E-state index contributed by atoms with van der Waals surface area (Å²) in [6.07, 6.45) is 6.53. The third-order valence-corrected chi connectivity index (χ3v) is 6.25. The lowest BCUT2D eigenvalue weighted by atomic mass is 10.2. The van der Waals surface area contributed by atoms with Crippen LogP contribution in [0.5, 0.6) is 5.75 Å². The Bertz CT molecular complexity index is 859. The van der Waals surface area contributed by atoms with E-state index >= 15 is 0 Å². The summed E-state index contributed by atoms with van der Waals surface area (Å²) in [6.45, 7) is 5.06. The molecule has 0 amide bonds. The fourth-order valence-electron chi connectivity index (χ4n) is 4.60. The van der Waals surface area contributed by atoms with Gasteiger partial charge in [0.15, 0.2) is 11.6 Å². The van der Waals surface area contributed by atoms with Gasteiger partial charge in [-0.1, -0.05) is 19.8 Å². The molecule has 0 spiro atoms. The van der Waals surface area contributed by atoms with Gasteiger partial charge in [-0.3, -0.25) is 16.0 Å². The maximum atomic E-state index is 14.1. The number of nitrogens with two attached hydrogens (primary N) is 1. The van der Waals surface area contributed by atoms with Crippen LogP contribution in [0, 0.1) is 5.82 Å². The Balaban J connectivity index is 1.50. The molecule has 0 aromatic heterocycles. The van der Waals surface area contributed by atoms with Gasteiger partial charge in [0.05, 0.1) is 13.2 Å². The SMILES string of the molecule is CCN1CCCC1CNC1=NC(Nc2ccc(OC)c(F)c2)=NC(N)(OC2CCCC2)N1. The number of hydrogen-bond acceptors (Lipinski definition) is 9. The number of nitrogens with one attached hydrogen (secondary N) is 3. The van der Waals surface area contributed by atoms with E-state index in [1.54, 1.807) is 12.1 Å². The van der Waals surface area contributed by atoms with E-state index in [0.29, 0.717) is 17.7 Å². The van der Waals surface area contributed by atoms with Gasteiger partial charge in [-0.2, -0.15) is 9.98 Å². The van der Waals surface area contributed by atoms with Crippen LogP contribution in [0.4, 0.5) is 10.1 Å². The zero-order valence-electron chi connectivity index (χ0n) is 18.9. The fourth-order valence-corrected chi connectivity index (χ4v) is 4.60. The highest BCUT2D eigenvalue weighted by atomic mass is 19.1. The number of nitrogens with zero attached hydrogens (tertiary/aromatic N) is 3. The first-order chi connectivity index (χ1) is 15.5. The van der Waals surface area contributed by atoms with Gasteiger partial charge in [-0.25, -0.2) is 4.39 Å². The minimum Gasteiger partial charge on any atom is -0.494 e. The van der Waals surface area contributed by atoms with Crippen LogP contribution >= 0.6 is 0 Å². The molecule has 4 rings (SSSR count). The second-order valence-corrected chi connectivity index (χ2v) is 8.52. The van der Waals surface area contributed by atoms with Crippen LogP contribution in [0.3, 0.4) is 0 Å². The standard InChI is InChI=1S/C22H34FN7O2/c1-3-30-12-6-7-16(30)14-25-20-27-21(26-15-10-11-19(31-2)18(23)13-15)29-22(24,28-20)32-17-8-4-5-9-17/h10-11,13,16-17H,3-9,12,14,24H2,1-2H3,(H3,25,26,27,28,29). The van der Waals surface area contributed by atoms with Crippen molar-refractivity contribution in [3.63, 3.8) is 0 Å². The van der Waals surface area contributed by atoms with Crippen molar-refractivity contribution in [2.75, 3.05) is 32.1 Å². The van der Waals surface area contributed by atoms with E-state index in [1.807, 2.05) is 0 Å². The Labute approximate surface area is 188 Å². The Hall–Kier alpha value is -2.43. The van der Waals surface area contributed by atoms with Crippen molar-refractivity contribution in [2.45, 2.75) is 63.6 Å². The third-order valence-electron chi connectivity index (χ3n) is 6.25. The summed E-state index contributed by atoms with van der Waals surface area (Å²) in [6, 6.07) is 5.02. The topological polar surface area (TPSA) is 109 Å². The summed E-state index contributed by atoms with van der Waals surface area (Å²) in [7, 11) is 1.43. The van der Waals surface area contributed by atoms with Crippen LogP contribution in [0.25, 0.3) is 0 Å². The molecule has 176 valence electrons. The van der Waals surface area contributed by atoms with Gasteiger partial charge in [-0.05, 0) is 50.9 Å². The van der Waals surface area contributed by atoms with Crippen molar-refractivity contribution in [2.24, 2.45) is 15.7 Å². The first-order valence-corrected chi connectivity index (χ1v) is 11.5. The van der Waals surface area contributed by atoms with E-state index in [-0.39, 0.29) is 17.8 Å². The largest absolute Gasteiger partial charge is 0.494 e. The van der Waals surface area contributed by atoms with Crippen molar-refractivity contribution in [1.82, 2.24) is 15.5 Å². The molecule has 9 nitrogen and oxygen atoms in total. The molecule has 10 heteroatoms. The van der Waals surface area contributed by atoms with Gasteiger partial charge in [0.2, 0.25) is 11.9 Å². The smallest absolute Gasteiger partial charge is 0.303 e. The van der Waals surface area contributed by atoms with E-state index in [2.05, 4.69) is 37.8 Å². The lowest BCUT2D eigenvalue weighted by molar-refractivity contribution is -0.0934. The number of methoxy groups -OCH3 is 1. The second kappa shape index (κ2) is 10.0. The van der Waals surface area contributed by atoms with Crippen LogP contribution in [0.15, 0.2) is 28.2 Å². The molecule has 0 bridgehead atoms. The summed E-state index contributed by atoms with van der Waals surface area (Å²) in [5, 5.41) is 9.54. The van der Waals surface area contributed by atoms with Crippen LogP contribution in [0.2, 0.25) is 0 Å². The number of hydrogen-bond donors (Lipinski definition) is 4. The number of guanidine groups is 2. The number of halogens is 1. The lowest BCUT2D eigenvalue weighted by Gasteiger charge is -2.34. The Morgan fingerprint density at radius 3 is 2.81 bits per heavy atom. The Morgan fingerprint density at radius 2 is 2.09 bits per heavy atom. The highest BCUT2D eigenvalue weighted by molar-refractivity contribution is 6.03.